The molecule has 1 atom stereocenters. The zero-order valence-corrected chi connectivity index (χ0v) is 15.4. The minimum atomic E-state index is -0.0608. The molecule has 2 aromatic rings. The number of hydrogen-bond acceptors (Lipinski definition) is 2. The first-order valence-electron chi connectivity index (χ1n) is 7.85. The van der Waals surface area contributed by atoms with Gasteiger partial charge < -0.3 is 9.84 Å². The Bertz CT molecular complexity index is 544. The van der Waals surface area contributed by atoms with E-state index in [0.717, 1.165) is 12.0 Å². The van der Waals surface area contributed by atoms with Crippen LogP contribution in [0.5, 0.6) is 0 Å². The van der Waals surface area contributed by atoms with Crippen LogP contribution in [-0.2, 0) is 30.8 Å². The largest absolute Gasteiger partial charge is 0.426 e. The summed E-state index contributed by atoms with van der Waals surface area (Å²) in [5, 5.41) is 10.4. The second-order valence-corrected chi connectivity index (χ2v) is 6.13. The monoisotopic (exact) mass is 400 g/mol. The van der Waals surface area contributed by atoms with Gasteiger partial charge in [-0.25, -0.2) is 0 Å². The van der Waals surface area contributed by atoms with Crippen molar-refractivity contribution in [1.29, 1.82) is 0 Å². The van der Waals surface area contributed by atoms with Gasteiger partial charge in [0.25, 0.3) is 0 Å². The third-order valence-electron chi connectivity index (χ3n) is 4.12. The Morgan fingerprint density at radius 1 is 1.00 bits per heavy atom. The molecule has 0 fully saturated rings. The molecule has 0 aliphatic heterocycles. The fraction of sp³-hybridized carbons (Fsp3) is 0.350. The molecule has 0 aliphatic carbocycles. The van der Waals surface area contributed by atoms with Gasteiger partial charge in [-0.15, -0.1) is 12.1 Å². The van der Waals surface area contributed by atoms with E-state index in [1.165, 1.54) is 5.56 Å². The molecule has 0 bridgehead atoms. The molecule has 0 aromatic heterocycles. The average Bonchev–Trinajstić information content (AvgIpc) is 2.56. The molecule has 2 nitrogen and oxygen atoms in total. The first kappa shape index (κ1) is 19.9. The Morgan fingerprint density at radius 3 is 2.13 bits per heavy atom. The van der Waals surface area contributed by atoms with E-state index in [1.807, 2.05) is 48.5 Å². The Morgan fingerprint density at radius 2 is 1.57 bits per heavy atom. The summed E-state index contributed by atoms with van der Waals surface area (Å²) in [6, 6.07) is 19.9. The molecule has 0 saturated heterocycles. The molecule has 1 N–H and O–H groups in total. The number of aliphatic hydroxyl groups is 1. The molecule has 0 heterocycles. The van der Waals surface area contributed by atoms with E-state index in [-0.39, 0.29) is 24.9 Å². The van der Waals surface area contributed by atoms with Crippen molar-refractivity contribution in [3.8, 4) is 0 Å². The zero-order chi connectivity index (χ0) is 15.8. The SMILES string of the molecule is CC[C@@](C)(COCc1ccccc1)C[C-](O)c1ccccc1.[Rh]. The number of aliphatic hydroxyl groups excluding tert-OH is 1. The van der Waals surface area contributed by atoms with Gasteiger partial charge in [0, 0.05) is 19.5 Å². The van der Waals surface area contributed by atoms with Crippen molar-refractivity contribution in [3.05, 3.63) is 77.9 Å². The van der Waals surface area contributed by atoms with Crippen molar-refractivity contribution >= 4 is 0 Å². The van der Waals surface area contributed by atoms with Crippen molar-refractivity contribution < 1.29 is 29.3 Å². The number of rotatable bonds is 8. The van der Waals surface area contributed by atoms with Crippen LogP contribution in [0.3, 0.4) is 0 Å². The minimum absolute atomic E-state index is 0. The number of ether oxygens (including phenoxy) is 1. The normalized spacial score (nSPS) is 13.0. The summed E-state index contributed by atoms with van der Waals surface area (Å²) in [7, 11) is 0. The van der Waals surface area contributed by atoms with Gasteiger partial charge >= 0.3 is 0 Å². The minimum Gasteiger partial charge on any atom is -0.426 e. The molecular weight excluding hydrogens is 375 g/mol. The van der Waals surface area contributed by atoms with E-state index in [0.29, 0.717) is 25.7 Å². The van der Waals surface area contributed by atoms with Crippen LogP contribution in [0.15, 0.2) is 60.7 Å². The van der Waals surface area contributed by atoms with Crippen molar-refractivity contribution in [2.24, 2.45) is 5.41 Å². The Kier molecular flexibility index (Phi) is 8.54. The van der Waals surface area contributed by atoms with E-state index in [1.54, 1.807) is 0 Å². The zero-order valence-electron chi connectivity index (χ0n) is 13.8. The first-order valence-corrected chi connectivity index (χ1v) is 7.85. The smallest absolute Gasteiger partial charge is 0.0717 e. The first-order chi connectivity index (χ1) is 10.6. The molecule has 2 rings (SSSR count). The molecule has 0 amide bonds. The van der Waals surface area contributed by atoms with Gasteiger partial charge in [0.15, 0.2) is 0 Å². The molecular formula is C20H25O2Rh-. The second-order valence-electron chi connectivity index (χ2n) is 6.13. The Hall–Kier alpha value is -1.15. The summed E-state index contributed by atoms with van der Waals surface area (Å²) in [6.45, 7) is 5.55. The van der Waals surface area contributed by atoms with E-state index in [4.69, 9.17) is 4.74 Å². The van der Waals surface area contributed by atoms with Crippen LogP contribution >= 0.6 is 0 Å². The van der Waals surface area contributed by atoms with Crippen LogP contribution in [0.25, 0.3) is 0 Å². The van der Waals surface area contributed by atoms with Crippen molar-refractivity contribution in [2.45, 2.75) is 33.3 Å². The molecule has 0 unspecified atom stereocenters. The van der Waals surface area contributed by atoms with Crippen molar-refractivity contribution in [3.63, 3.8) is 0 Å². The average molecular weight is 400 g/mol. The van der Waals surface area contributed by atoms with Crippen LogP contribution in [0, 0.1) is 11.5 Å². The van der Waals surface area contributed by atoms with Gasteiger partial charge in [0.1, 0.15) is 0 Å². The number of benzene rings is 2. The molecule has 0 saturated carbocycles. The standard InChI is InChI=1S/C20H25O2.Rh/c1-3-20(2,14-19(21)18-12-8-5-9-13-18)16-22-15-17-10-6-4-7-11-17;/h4-13,21H,3,14-16H2,1-2H3;/q-1;/t20-;/m1./s1. The van der Waals surface area contributed by atoms with Gasteiger partial charge in [-0.2, -0.15) is 17.7 Å². The molecule has 1 radical (unpaired) electrons. The van der Waals surface area contributed by atoms with Crippen LogP contribution in [0.2, 0.25) is 0 Å². The molecule has 23 heavy (non-hydrogen) atoms. The van der Waals surface area contributed by atoms with Gasteiger partial charge in [0.05, 0.1) is 13.2 Å². The summed E-state index contributed by atoms with van der Waals surface area (Å²) in [5.41, 5.74) is 2.01. The summed E-state index contributed by atoms with van der Waals surface area (Å²) < 4.78 is 5.89. The van der Waals surface area contributed by atoms with Gasteiger partial charge in [0.2, 0.25) is 0 Å². The van der Waals surface area contributed by atoms with Crippen LogP contribution in [0.1, 0.15) is 37.8 Å². The molecule has 0 aliphatic rings. The fourth-order valence-electron chi connectivity index (χ4n) is 2.40. The van der Waals surface area contributed by atoms with E-state index in [2.05, 4.69) is 26.0 Å². The summed E-state index contributed by atoms with van der Waals surface area (Å²) in [5.74, 6) is 0. The van der Waals surface area contributed by atoms with Crippen LogP contribution in [-0.4, -0.2) is 11.7 Å². The van der Waals surface area contributed by atoms with Gasteiger partial charge in [-0.3, -0.25) is 0 Å². The summed E-state index contributed by atoms with van der Waals surface area (Å²) in [6.07, 6.45) is 2.02. The van der Waals surface area contributed by atoms with Gasteiger partial charge in [-0.05, 0) is 23.8 Å². The second kappa shape index (κ2) is 9.87. The fourth-order valence-corrected chi connectivity index (χ4v) is 2.40. The maximum absolute atomic E-state index is 10.4. The quantitative estimate of drug-likeness (QED) is 0.501. The Labute approximate surface area is 152 Å². The predicted octanol–water partition coefficient (Wildman–Crippen LogP) is 4.96. The molecule has 127 valence electrons. The third-order valence-corrected chi connectivity index (χ3v) is 4.12. The summed E-state index contributed by atoms with van der Waals surface area (Å²) in [4.78, 5) is 0. The topological polar surface area (TPSA) is 29.5 Å². The van der Waals surface area contributed by atoms with E-state index < -0.39 is 0 Å². The number of hydrogen-bond donors (Lipinski definition) is 1. The Balaban J connectivity index is 0.00000264. The van der Waals surface area contributed by atoms with Crippen LogP contribution < -0.4 is 0 Å². The maximum Gasteiger partial charge on any atom is 0.0717 e. The predicted molar refractivity (Wildman–Crippen MR) is 89.8 cm³/mol. The van der Waals surface area contributed by atoms with Crippen LogP contribution in [0.4, 0.5) is 0 Å². The van der Waals surface area contributed by atoms with Crippen molar-refractivity contribution in [2.75, 3.05) is 6.61 Å². The summed E-state index contributed by atoms with van der Waals surface area (Å²) >= 11 is 0. The third kappa shape index (κ3) is 6.47. The molecule has 0 spiro atoms. The maximum atomic E-state index is 10.4. The van der Waals surface area contributed by atoms with Gasteiger partial charge in [-0.1, -0.05) is 56.3 Å². The molecule has 3 heteroatoms. The van der Waals surface area contributed by atoms with Crippen molar-refractivity contribution in [1.82, 2.24) is 0 Å². The van der Waals surface area contributed by atoms with E-state index >= 15 is 0 Å². The molecule has 2 aromatic carbocycles. The van der Waals surface area contributed by atoms with E-state index in [9.17, 15) is 5.11 Å².